The van der Waals surface area contributed by atoms with Crippen LogP contribution in [-0.4, -0.2) is 24.2 Å². The number of nitrogens with one attached hydrogen (secondary N) is 1. The van der Waals surface area contributed by atoms with Gasteiger partial charge in [0.15, 0.2) is 0 Å². The fraction of sp³-hybridized carbons (Fsp3) is 0.300. The van der Waals surface area contributed by atoms with E-state index in [9.17, 15) is 9.59 Å². The minimum atomic E-state index is -0.425. The first-order chi connectivity index (χ1) is 6.79. The normalized spacial score (nSPS) is 11.8. The van der Waals surface area contributed by atoms with Crippen molar-refractivity contribution in [3.8, 4) is 0 Å². The summed E-state index contributed by atoms with van der Waals surface area (Å²) < 4.78 is 0. The molecule has 1 aromatic rings. The first-order valence-electron chi connectivity index (χ1n) is 4.34. The van der Waals surface area contributed by atoms with Gasteiger partial charge < -0.3 is 10.1 Å². The van der Waals surface area contributed by atoms with Crippen molar-refractivity contribution in [3.63, 3.8) is 0 Å². The summed E-state index contributed by atoms with van der Waals surface area (Å²) in [6, 6.07) is 3.53. The molecule has 1 unspecified atom stereocenters. The molecule has 1 atom stereocenters. The molecule has 0 aliphatic carbocycles. The average molecular weight is 192 g/mol. The number of carbonyl (C=O) groups excluding carboxylic acids is 2. The third-order valence-corrected chi connectivity index (χ3v) is 1.98. The number of carbonyl (C=O) groups is 2. The van der Waals surface area contributed by atoms with Crippen LogP contribution in [0.2, 0.25) is 0 Å². The largest absolute Gasteiger partial charge is 0.359 e. The molecule has 74 valence electrons. The zero-order chi connectivity index (χ0) is 10.4. The van der Waals surface area contributed by atoms with E-state index in [2.05, 4.69) is 10.3 Å². The standard InChI is InChI=1S/C10H12N2O2/c1-11-10(14)9(4-6-13)8-3-2-5-12-7-8/h2-3,5-7,9H,4H2,1H3,(H,11,14). The Morgan fingerprint density at radius 1 is 1.71 bits per heavy atom. The molecule has 0 radical (unpaired) electrons. The Balaban J connectivity index is 2.88. The lowest BCUT2D eigenvalue weighted by molar-refractivity contribution is -0.123. The maximum absolute atomic E-state index is 11.4. The van der Waals surface area contributed by atoms with Gasteiger partial charge in [0, 0.05) is 25.9 Å². The summed E-state index contributed by atoms with van der Waals surface area (Å²) in [6.07, 6.45) is 4.16. The molecule has 0 bridgehead atoms. The molecule has 0 aliphatic rings. The van der Waals surface area contributed by atoms with Gasteiger partial charge in [0.2, 0.25) is 5.91 Å². The second-order valence-corrected chi connectivity index (χ2v) is 2.86. The van der Waals surface area contributed by atoms with Crippen LogP contribution in [0.5, 0.6) is 0 Å². The van der Waals surface area contributed by atoms with E-state index in [4.69, 9.17) is 0 Å². The van der Waals surface area contributed by atoms with Crippen molar-refractivity contribution in [1.29, 1.82) is 0 Å². The molecule has 0 fully saturated rings. The van der Waals surface area contributed by atoms with Gasteiger partial charge in [0.25, 0.3) is 0 Å². The highest BCUT2D eigenvalue weighted by atomic mass is 16.2. The van der Waals surface area contributed by atoms with Crippen molar-refractivity contribution in [2.45, 2.75) is 12.3 Å². The van der Waals surface area contributed by atoms with Crippen molar-refractivity contribution in [1.82, 2.24) is 10.3 Å². The summed E-state index contributed by atoms with van der Waals surface area (Å²) in [7, 11) is 1.55. The van der Waals surface area contributed by atoms with Gasteiger partial charge in [-0.2, -0.15) is 0 Å². The van der Waals surface area contributed by atoms with E-state index in [1.54, 1.807) is 31.6 Å². The summed E-state index contributed by atoms with van der Waals surface area (Å²) in [5, 5.41) is 2.52. The van der Waals surface area contributed by atoms with Crippen LogP contribution in [0.3, 0.4) is 0 Å². The Bertz CT molecular complexity index is 311. The molecule has 4 heteroatoms. The van der Waals surface area contributed by atoms with Crippen LogP contribution in [0.4, 0.5) is 0 Å². The van der Waals surface area contributed by atoms with E-state index in [0.29, 0.717) is 0 Å². The van der Waals surface area contributed by atoms with Crippen LogP contribution < -0.4 is 5.32 Å². The average Bonchev–Trinajstić information content (AvgIpc) is 2.26. The Hall–Kier alpha value is -1.71. The fourth-order valence-electron chi connectivity index (χ4n) is 1.25. The molecule has 0 spiro atoms. The molecule has 1 rings (SSSR count). The number of nitrogens with zero attached hydrogens (tertiary/aromatic N) is 1. The number of aromatic nitrogens is 1. The van der Waals surface area contributed by atoms with Gasteiger partial charge in [-0.05, 0) is 11.6 Å². The Kier molecular flexibility index (Phi) is 3.79. The zero-order valence-corrected chi connectivity index (χ0v) is 7.93. The van der Waals surface area contributed by atoms with E-state index in [0.717, 1.165) is 11.8 Å². The van der Waals surface area contributed by atoms with E-state index < -0.39 is 5.92 Å². The van der Waals surface area contributed by atoms with Gasteiger partial charge in [-0.25, -0.2) is 0 Å². The first-order valence-corrected chi connectivity index (χ1v) is 4.34. The zero-order valence-electron chi connectivity index (χ0n) is 7.93. The van der Waals surface area contributed by atoms with Gasteiger partial charge in [-0.3, -0.25) is 9.78 Å². The Labute approximate surface area is 82.3 Å². The highest BCUT2D eigenvalue weighted by Gasteiger charge is 2.18. The van der Waals surface area contributed by atoms with Gasteiger partial charge in [0.1, 0.15) is 6.29 Å². The molecule has 1 amide bonds. The van der Waals surface area contributed by atoms with Crippen molar-refractivity contribution < 1.29 is 9.59 Å². The fourth-order valence-corrected chi connectivity index (χ4v) is 1.25. The SMILES string of the molecule is CNC(=O)C(CC=O)c1cccnc1. The van der Waals surface area contributed by atoms with Crippen molar-refractivity contribution >= 4 is 12.2 Å². The Morgan fingerprint density at radius 3 is 3.00 bits per heavy atom. The van der Waals surface area contributed by atoms with Gasteiger partial charge in [-0.1, -0.05) is 6.07 Å². The molecular weight excluding hydrogens is 180 g/mol. The molecule has 1 aromatic heterocycles. The van der Waals surface area contributed by atoms with Crippen LogP contribution >= 0.6 is 0 Å². The number of hydrogen-bond acceptors (Lipinski definition) is 3. The van der Waals surface area contributed by atoms with E-state index in [1.165, 1.54) is 0 Å². The third-order valence-electron chi connectivity index (χ3n) is 1.98. The van der Waals surface area contributed by atoms with Gasteiger partial charge in [-0.15, -0.1) is 0 Å². The first kappa shape index (κ1) is 10.4. The molecule has 4 nitrogen and oxygen atoms in total. The lowest BCUT2D eigenvalue weighted by Crippen LogP contribution is -2.26. The number of pyridine rings is 1. The quantitative estimate of drug-likeness (QED) is 0.707. The monoisotopic (exact) mass is 192 g/mol. The highest BCUT2D eigenvalue weighted by Crippen LogP contribution is 2.17. The summed E-state index contributed by atoms with van der Waals surface area (Å²) in [5.41, 5.74) is 0.763. The molecule has 0 saturated carbocycles. The molecule has 1 heterocycles. The number of hydrogen-bond donors (Lipinski definition) is 1. The van der Waals surface area contributed by atoms with Crippen LogP contribution in [0.1, 0.15) is 17.9 Å². The number of aldehydes is 1. The minimum absolute atomic E-state index is 0.162. The lowest BCUT2D eigenvalue weighted by Gasteiger charge is -2.11. The molecule has 0 aromatic carbocycles. The molecular formula is C10H12N2O2. The van der Waals surface area contributed by atoms with Crippen LogP contribution in [0.25, 0.3) is 0 Å². The topological polar surface area (TPSA) is 59.1 Å². The van der Waals surface area contributed by atoms with Crippen LogP contribution in [0, 0.1) is 0 Å². The summed E-state index contributed by atoms with van der Waals surface area (Å²) in [4.78, 5) is 25.7. The van der Waals surface area contributed by atoms with E-state index in [1.807, 2.05) is 0 Å². The molecule has 14 heavy (non-hydrogen) atoms. The molecule has 1 N–H and O–H groups in total. The van der Waals surface area contributed by atoms with Crippen LogP contribution in [-0.2, 0) is 9.59 Å². The van der Waals surface area contributed by atoms with E-state index >= 15 is 0 Å². The highest BCUT2D eigenvalue weighted by molar-refractivity contribution is 5.85. The maximum atomic E-state index is 11.4. The number of rotatable bonds is 4. The van der Waals surface area contributed by atoms with E-state index in [-0.39, 0.29) is 12.3 Å². The molecule has 0 saturated heterocycles. The predicted molar refractivity (Wildman–Crippen MR) is 51.7 cm³/mol. The molecule has 0 aliphatic heterocycles. The number of amides is 1. The number of likely N-dealkylation sites (N-methyl/N-ethyl adjacent to an activating group) is 1. The lowest BCUT2D eigenvalue weighted by atomic mass is 9.97. The summed E-state index contributed by atoms with van der Waals surface area (Å²) in [6.45, 7) is 0. The van der Waals surface area contributed by atoms with Crippen molar-refractivity contribution in [2.75, 3.05) is 7.05 Å². The third kappa shape index (κ3) is 2.39. The van der Waals surface area contributed by atoms with Gasteiger partial charge in [0.05, 0.1) is 5.92 Å². The second-order valence-electron chi connectivity index (χ2n) is 2.86. The smallest absolute Gasteiger partial charge is 0.227 e. The van der Waals surface area contributed by atoms with Crippen LogP contribution in [0.15, 0.2) is 24.5 Å². The van der Waals surface area contributed by atoms with Crippen molar-refractivity contribution in [3.05, 3.63) is 30.1 Å². The second kappa shape index (κ2) is 5.11. The maximum Gasteiger partial charge on any atom is 0.227 e. The summed E-state index contributed by atoms with van der Waals surface area (Å²) >= 11 is 0. The Morgan fingerprint density at radius 2 is 2.50 bits per heavy atom. The summed E-state index contributed by atoms with van der Waals surface area (Å²) in [5.74, 6) is -0.587. The minimum Gasteiger partial charge on any atom is -0.359 e. The van der Waals surface area contributed by atoms with Crippen molar-refractivity contribution in [2.24, 2.45) is 0 Å². The predicted octanol–water partition coefficient (Wildman–Crippen LogP) is 0.500. The van der Waals surface area contributed by atoms with Gasteiger partial charge >= 0.3 is 0 Å².